The highest BCUT2D eigenvalue weighted by atomic mass is 35.5. The third-order valence-corrected chi connectivity index (χ3v) is 8.14. The number of hydrogen-bond acceptors (Lipinski definition) is 8. The van der Waals surface area contributed by atoms with Crippen LogP contribution in [0.3, 0.4) is 0 Å². The Kier molecular flexibility index (Phi) is 11.3. The van der Waals surface area contributed by atoms with Gasteiger partial charge in [0, 0.05) is 78.9 Å². The van der Waals surface area contributed by atoms with Crippen LogP contribution in [0.25, 0.3) is 22.4 Å². The molecule has 0 spiro atoms. The van der Waals surface area contributed by atoms with Crippen LogP contribution >= 0.6 is 23.2 Å². The number of aliphatic hydroxyl groups excluding tert-OH is 1. The van der Waals surface area contributed by atoms with Gasteiger partial charge in [0.15, 0.2) is 11.6 Å². The predicted octanol–water partition coefficient (Wildman–Crippen LogP) is 6.05. The van der Waals surface area contributed by atoms with E-state index < -0.39 is 12.4 Å². The van der Waals surface area contributed by atoms with Crippen LogP contribution < -0.4 is 26.0 Å². The van der Waals surface area contributed by atoms with Crippen molar-refractivity contribution in [2.45, 2.75) is 38.6 Å². The average molecular weight is 676 g/mol. The van der Waals surface area contributed by atoms with E-state index >= 15 is 4.39 Å². The van der Waals surface area contributed by atoms with Crippen LogP contribution in [-0.2, 0) is 17.9 Å². The number of aromatic nitrogens is 2. The minimum absolute atomic E-state index is 0.00604. The fourth-order valence-electron chi connectivity index (χ4n) is 5.09. The van der Waals surface area contributed by atoms with Crippen LogP contribution in [0.5, 0.6) is 5.75 Å². The summed E-state index contributed by atoms with van der Waals surface area (Å²) in [6, 6.07) is 13.1. The van der Waals surface area contributed by atoms with Crippen LogP contribution in [0.15, 0.2) is 60.9 Å². The first-order chi connectivity index (χ1) is 22.2. The molecule has 1 saturated heterocycles. The zero-order chi connectivity index (χ0) is 32.6. The third-order valence-electron chi connectivity index (χ3n) is 7.35. The molecule has 14 heteroatoms. The molecule has 242 valence electrons. The number of nitrogens with zero attached hydrogens (tertiary/aromatic N) is 2. The number of carbonyl (C=O) groups excluding carboxylic acids is 1. The number of amides is 1. The summed E-state index contributed by atoms with van der Waals surface area (Å²) in [6.45, 7) is -1.88. The Labute approximate surface area is 273 Å². The molecule has 0 aliphatic carbocycles. The number of hydrogen-bond donors (Lipinski definition) is 5. The van der Waals surface area contributed by atoms with Crippen molar-refractivity contribution >= 4 is 40.6 Å². The third kappa shape index (κ3) is 8.06. The van der Waals surface area contributed by atoms with Crippen LogP contribution in [0.4, 0.5) is 24.7 Å². The molecule has 46 heavy (non-hydrogen) atoms. The van der Waals surface area contributed by atoms with E-state index in [2.05, 4.69) is 31.2 Å². The van der Waals surface area contributed by atoms with Crippen LogP contribution in [0, 0.1) is 5.82 Å². The highest BCUT2D eigenvalue weighted by Gasteiger charge is 2.21. The van der Waals surface area contributed by atoms with E-state index in [1.807, 2.05) is 0 Å². The van der Waals surface area contributed by atoms with E-state index in [0.717, 1.165) is 0 Å². The monoisotopic (exact) mass is 674 g/mol. The van der Waals surface area contributed by atoms with E-state index in [1.54, 1.807) is 42.5 Å². The van der Waals surface area contributed by atoms with Crippen molar-refractivity contribution < 1.29 is 27.8 Å². The Morgan fingerprint density at radius 2 is 1.78 bits per heavy atom. The lowest BCUT2D eigenvalue weighted by Crippen LogP contribution is -2.35. The zero-order valence-electron chi connectivity index (χ0n) is 24.4. The summed E-state index contributed by atoms with van der Waals surface area (Å²) in [5.41, 5.74) is 3.02. The summed E-state index contributed by atoms with van der Waals surface area (Å²) >= 11 is 13.7. The molecule has 2 aromatic carbocycles. The summed E-state index contributed by atoms with van der Waals surface area (Å²) in [7, 11) is 0. The SMILES string of the molecule is O=C1CC[C@H](CNCc2ccc(-c3nccc(-c4cccc(Nc5nccc(CNCCO)c5F)c4Cl)c3Cl)cc2OC(F)F)N1. The Balaban J connectivity index is 1.39. The van der Waals surface area contributed by atoms with Crippen LogP contribution in [0.2, 0.25) is 10.0 Å². The second-order valence-electron chi connectivity index (χ2n) is 10.5. The van der Waals surface area contributed by atoms with Gasteiger partial charge in [-0.3, -0.25) is 9.78 Å². The van der Waals surface area contributed by atoms with Crippen molar-refractivity contribution in [3.05, 3.63) is 87.9 Å². The van der Waals surface area contributed by atoms with Gasteiger partial charge in [-0.15, -0.1) is 0 Å². The van der Waals surface area contributed by atoms with E-state index in [0.29, 0.717) is 65.1 Å². The smallest absolute Gasteiger partial charge is 0.387 e. The first-order valence-corrected chi connectivity index (χ1v) is 15.2. The second kappa shape index (κ2) is 15.6. The molecule has 0 unspecified atom stereocenters. The molecule has 1 fully saturated rings. The molecule has 4 aromatic rings. The van der Waals surface area contributed by atoms with Crippen molar-refractivity contribution in [3.63, 3.8) is 0 Å². The number of rotatable bonds is 14. The van der Waals surface area contributed by atoms with E-state index in [1.165, 1.54) is 18.5 Å². The number of carbonyl (C=O) groups is 1. The number of halogens is 5. The van der Waals surface area contributed by atoms with Gasteiger partial charge in [0.05, 0.1) is 28.0 Å². The lowest BCUT2D eigenvalue weighted by molar-refractivity contribution is -0.119. The lowest BCUT2D eigenvalue weighted by Gasteiger charge is -2.17. The summed E-state index contributed by atoms with van der Waals surface area (Å²) in [6.07, 6.45) is 4.16. The molecule has 3 heterocycles. The maximum atomic E-state index is 15.2. The first kappa shape index (κ1) is 33.4. The molecule has 9 nitrogen and oxygen atoms in total. The number of alkyl halides is 2. The first-order valence-electron chi connectivity index (χ1n) is 14.5. The van der Waals surface area contributed by atoms with Gasteiger partial charge in [-0.1, -0.05) is 47.5 Å². The largest absolute Gasteiger partial charge is 0.434 e. The van der Waals surface area contributed by atoms with Gasteiger partial charge in [-0.25, -0.2) is 9.37 Å². The van der Waals surface area contributed by atoms with Crippen LogP contribution in [0.1, 0.15) is 24.0 Å². The molecular formula is C32H31Cl2F3N6O3. The van der Waals surface area contributed by atoms with Crippen molar-refractivity contribution in [1.82, 2.24) is 25.9 Å². The fraction of sp³-hybridized carbons (Fsp3) is 0.281. The molecule has 5 N–H and O–H groups in total. The maximum Gasteiger partial charge on any atom is 0.387 e. The fourth-order valence-corrected chi connectivity index (χ4v) is 5.69. The Morgan fingerprint density at radius 3 is 2.54 bits per heavy atom. The van der Waals surface area contributed by atoms with Gasteiger partial charge >= 0.3 is 6.61 Å². The predicted molar refractivity (Wildman–Crippen MR) is 171 cm³/mol. The quantitative estimate of drug-likeness (QED) is 0.103. The molecule has 1 amide bonds. The molecule has 1 aliphatic rings. The average Bonchev–Trinajstić information content (AvgIpc) is 3.45. The maximum absolute atomic E-state index is 15.2. The molecule has 0 bridgehead atoms. The summed E-state index contributed by atoms with van der Waals surface area (Å²) in [5, 5.41) is 21.4. The number of ether oxygens (including phenoxy) is 1. The number of benzene rings is 2. The number of pyridine rings is 2. The molecule has 5 rings (SSSR count). The highest BCUT2D eigenvalue weighted by molar-refractivity contribution is 6.39. The van der Waals surface area contributed by atoms with E-state index in [-0.39, 0.29) is 53.3 Å². The van der Waals surface area contributed by atoms with Gasteiger partial charge in [-0.05, 0) is 30.7 Å². The minimum Gasteiger partial charge on any atom is -0.434 e. The molecule has 1 atom stereocenters. The normalized spacial score (nSPS) is 14.5. The van der Waals surface area contributed by atoms with Crippen LogP contribution in [-0.4, -0.2) is 53.3 Å². The molecule has 0 saturated carbocycles. The van der Waals surface area contributed by atoms with E-state index in [9.17, 15) is 13.6 Å². The van der Waals surface area contributed by atoms with Gasteiger partial charge in [0.25, 0.3) is 0 Å². The highest BCUT2D eigenvalue weighted by Crippen LogP contribution is 2.42. The summed E-state index contributed by atoms with van der Waals surface area (Å²) in [4.78, 5) is 20.0. The van der Waals surface area contributed by atoms with Gasteiger partial charge in [0.1, 0.15) is 5.75 Å². The van der Waals surface area contributed by atoms with Gasteiger partial charge in [0.2, 0.25) is 5.91 Å². The Hall–Kier alpha value is -3.94. The summed E-state index contributed by atoms with van der Waals surface area (Å²) < 4.78 is 46.8. The summed E-state index contributed by atoms with van der Waals surface area (Å²) in [5.74, 6) is -0.637. The van der Waals surface area contributed by atoms with Gasteiger partial charge in [-0.2, -0.15) is 8.78 Å². The van der Waals surface area contributed by atoms with Crippen molar-refractivity contribution in [2.24, 2.45) is 0 Å². The van der Waals surface area contributed by atoms with Crippen molar-refractivity contribution in [1.29, 1.82) is 0 Å². The van der Waals surface area contributed by atoms with Crippen molar-refractivity contribution in [3.8, 4) is 28.1 Å². The Bertz CT molecular complexity index is 1700. The van der Waals surface area contributed by atoms with Crippen molar-refractivity contribution in [2.75, 3.05) is 25.0 Å². The molecule has 2 aromatic heterocycles. The molecular weight excluding hydrogens is 644 g/mol. The zero-order valence-corrected chi connectivity index (χ0v) is 25.9. The Morgan fingerprint density at radius 1 is 1.00 bits per heavy atom. The number of anilines is 2. The molecule has 1 aliphatic heterocycles. The standard InChI is InChI=1S/C32H31Cl2F3N6O3/c33-27-22(2-1-3-24(27)43-31-29(35)20(8-10-41-31)16-38-12-13-44)23-9-11-40-30(28(23)34)18-4-5-19(25(14-18)46-32(36)37)15-39-17-21-6-7-26(45)42-21/h1-5,8-11,14,21,32,38-39,44H,6-7,12-13,15-17H2,(H,41,43)(H,42,45)/t21-/m1/s1. The number of nitrogens with one attached hydrogen (secondary N) is 4. The minimum atomic E-state index is -3.05. The molecule has 0 radical (unpaired) electrons. The topological polar surface area (TPSA) is 120 Å². The van der Waals surface area contributed by atoms with E-state index in [4.69, 9.17) is 33.0 Å². The number of aliphatic hydroxyl groups is 1. The van der Waals surface area contributed by atoms with Gasteiger partial charge < -0.3 is 31.1 Å². The second-order valence-corrected chi connectivity index (χ2v) is 11.2. The lowest BCUT2D eigenvalue weighted by atomic mass is 10.0.